The normalized spacial score (nSPS) is 24.4. The average Bonchev–Trinajstić information content (AvgIpc) is 3.24. The SMILES string of the molecule is CN=C(NCC1CCN(c2cccc(OC)c2)C1)NC1CCS(=O)(=O)C1.I. The van der Waals surface area contributed by atoms with Gasteiger partial charge in [-0.3, -0.25) is 4.99 Å². The predicted molar refractivity (Wildman–Crippen MR) is 120 cm³/mol. The summed E-state index contributed by atoms with van der Waals surface area (Å²) >= 11 is 0. The number of anilines is 1. The van der Waals surface area contributed by atoms with Crippen LogP contribution in [-0.2, 0) is 9.84 Å². The number of nitrogens with zero attached hydrogens (tertiary/aromatic N) is 2. The summed E-state index contributed by atoms with van der Waals surface area (Å²) in [7, 11) is 0.517. The van der Waals surface area contributed by atoms with E-state index in [0.29, 0.717) is 18.3 Å². The number of benzene rings is 1. The zero-order valence-electron chi connectivity index (χ0n) is 15.8. The van der Waals surface area contributed by atoms with Gasteiger partial charge in [-0.05, 0) is 30.9 Å². The maximum atomic E-state index is 11.6. The molecule has 0 aliphatic carbocycles. The first-order valence-corrected chi connectivity index (χ1v) is 10.9. The minimum Gasteiger partial charge on any atom is -0.497 e. The number of guanidine groups is 1. The van der Waals surface area contributed by atoms with Gasteiger partial charge in [0.1, 0.15) is 5.75 Å². The topological polar surface area (TPSA) is 83.0 Å². The number of hydrogen-bond acceptors (Lipinski definition) is 5. The molecule has 2 N–H and O–H groups in total. The lowest BCUT2D eigenvalue weighted by atomic mass is 10.1. The lowest BCUT2D eigenvalue weighted by Gasteiger charge is -2.20. The highest BCUT2D eigenvalue weighted by molar-refractivity contribution is 14.0. The lowest BCUT2D eigenvalue weighted by molar-refractivity contribution is 0.415. The van der Waals surface area contributed by atoms with Gasteiger partial charge in [0.15, 0.2) is 15.8 Å². The molecule has 2 aliphatic heterocycles. The van der Waals surface area contributed by atoms with E-state index < -0.39 is 9.84 Å². The molecule has 1 aromatic carbocycles. The first-order chi connectivity index (χ1) is 12.5. The van der Waals surface area contributed by atoms with Crippen LogP contribution in [0.5, 0.6) is 5.75 Å². The highest BCUT2D eigenvalue weighted by Gasteiger charge is 2.29. The van der Waals surface area contributed by atoms with Crippen molar-refractivity contribution in [3.63, 3.8) is 0 Å². The number of aliphatic imine (C=N–C) groups is 1. The molecule has 2 aliphatic rings. The Kier molecular flexibility index (Phi) is 8.02. The number of hydrogen-bond donors (Lipinski definition) is 2. The van der Waals surface area contributed by atoms with Crippen LogP contribution < -0.4 is 20.3 Å². The molecule has 2 unspecified atom stereocenters. The van der Waals surface area contributed by atoms with Gasteiger partial charge in [-0.2, -0.15) is 0 Å². The summed E-state index contributed by atoms with van der Waals surface area (Å²) in [6.07, 6.45) is 1.76. The highest BCUT2D eigenvalue weighted by atomic mass is 127. The van der Waals surface area contributed by atoms with Crippen molar-refractivity contribution in [2.24, 2.45) is 10.9 Å². The second-order valence-corrected chi connectivity index (χ2v) is 9.23. The van der Waals surface area contributed by atoms with Crippen molar-refractivity contribution in [1.29, 1.82) is 0 Å². The maximum Gasteiger partial charge on any atom is 0.191 e. The number of sulfone groups is 1. The summed E-state index contributed by atoms with van der Waals surface area (Å²) < 4.78 is 28.5. The van der Waals surface area contributed by atoms with Crippen LogP contribution in [-0.4, -0.2) is 65.7 Å². The van der Waals surface area contributed by atoms with E-state index >= 15 is 0 Å². The number of methoxy groups -OCH3 is 1. The van der Waals surface area contributed by atoms with Crippen LogP contribution in [0.3, 0.4) is 0 Å². The predicted octanol–water partition coefficient (Wildman–Crippen LogP) is 1.49. The zero-order chi connectivity index (χ0) is 18.6. The van der Waals surface area contributed by atoms with Crippen LogP contribution in [0, 0.1) is 5.92 Å². The van der Waals surface area contributed by atoms with E-state index in [1.807, 2.05) is 12.1 Å². The Labute approximate surface area is 178 Å². The molecule has 9 heteroatoms. The molecule has 0 aromatic heterocycles. The fourth-order valence-corrected chi connectivity index (χ4v) is 5.25. The van der Waals surface area contributed by atoms with E-state index in [9.17, 15) is 8.42 Å². The van der Waals surface area contributed by atoms with Crippen LogP contribution in [0.15, 0.2) is 29.3 Å². The summed E-state index contributed by atoms with van der Waals surface area (Å²) in [5.41, 5.74) is 1.19. The van der Waals surface area contributed by atoms with Crippen molar-refractivity contribution in [2.75, 3.05) is 50.2 Å². The van der Waals surface area contributed by atoms with Gasteiger partial charge in [0.25, 0.3) is 0 Å². The quantitative estimate of drug-likeness (QED) is 0.357. The van der Waals surface area contributed by atoms with Gasteiger partial charge in [0, 0.05) is 44.5 Å². The molecule has 0 saturated carbocycles. The third kappa shape index (κ3) is 6.13. The second kappa shape index (κ2) is 9.81. The highest BCUT2D eigenvalue weighted by Crippen LogP contribution is 2.26. The van der Waals surface area contributed by atoms with Crippen molar-refractivity contribution in [3.05, 3.63) is 24.3 Å². The molecule has 0 amide bonds. The Hall–Kier alpha value is -1.23. The lowest BCUT2D eigenvalue weighted by Crippen LogP contribution is -2.45. The molecule has 2 heterocycles. The van der Waals surface area contributed by atoms with Crippen molar-refractivity contribution in [3.8, 4) is 5.75 Å². The molecule has 7 nitrogen and oxygen atoms in total. The van der Waals surface area contributed by atoms with E-state index in [2.05, 4.69) is 32.7 Å². The fraction of sp³-hybridized carbons (Fsp3) is 0.611. The molecular formula is C18H29IN4O3S. The van der Waals surface area contributed by atoms with Crippen LogP contribution in [0.4, 0.5) is 5.69 Å². The van der Waals surface area contributed by atoms with Gasteiger partial charge in [0.05, 0.1) is 18.6 Å². The summed E-state index contributed by atoms with van der Waals surface area (Å²) in [6.45, 7) is 2.82. The standard InChI is InChI=1S/C18H28N4O3S.HI/c1-19-18(21-15-7-9-26(23,24)13-15)20-11-14-6-8-22(12-14)16-4-3-5-17(10-16)25-2;/h3-5,10,14-15H,6-9,11-13H2,1-2H3,(H2,19,20,21);1H. The van der Waals surface area contributed by atoms with Crippen LogP contribution >= 0.6 is 24.0 Å². The summed E-state index contributed by atoms with van der Waals surface area (Å²) in [4.78, 5) is 6.60. The second-order valence-electron chi connectivity index (χ2n) is 7.00. The van der Waals surface area contributed by atoms with Gasteiger partial charge in [0.2, 0.25) is 0 Å². The van der Waals surface area contributed by atoms with Crippen LogP contribution in [0.1, 0.15) is 12.8 Å². The molecule has 152 valence electrons. The van der Waals surface area contributed by atoms with E-state index in [-0.39, 0.29) is 41.5 Å². The molecule has 2 atom stereocenters. The summed E-state index contributed by atoms with van der Waals surface area (Å²) in [6, 6.07) is 8.11. The average molecular weight is 508 g/mol. The van der Waals surface area contributed by atoms with Crippen molar-refractivity contribution in [1.82, 2.24) is 10.6 Å². The first-order valence-electron chi connectivity index (χ1n) is 9.05. The Morgan fingerprint density at radius 2 is 2.19 bits per heavy atom. The van der Waals surface area contributed by atoms with E-state index in [1.165, 1.54) is 5.69 Å². The monoisotopic (exact) mass is 508 g/mol. The Morgan fingerprint density at radius 1 is 1.37 bits per heavy atom. The number of rotatable bonds is 5. The Balaban J connectivity index is 0.00000261. The van der Waals surface area contributed by atoms with Crippen LogP contribution in [0.25, 0.3) is 0 Å². The molecule has 27 heavy (non-hydrogen) atoms. The molecule has 0 radical (unpaired) electrons. The minimum atomic E-state index is -2.89. The first kappa shape index (κ1) is 22.1. The third-order valence-corrected chi connectivity index (χ3v) is 6.83. The van der Waals surface area contributed by atoms with Gasteiger partial charge < -0.3 is 20.3 Å². The van der Waals surface area contributed by atoms with Gasteiger partial charge in [-0.1, -0.05) is 6.07 Å². The summed E-state index contributed by atoms with van der Waals surface area (Å²) in [5, 5.41) is 6.59. The van der Waals surface area contributed by atoms with Gasteiger partial charge in [-0.25, -0.2) is 8.42 Å². The van der Waals surface area contributed by atoms with Crippen molar-refractivity contribution >= 4 is 45.5 Å². The maximum absolute atomic E-state index is 11.6. The largest absolute Gasteiger partial charge is 0.497 e. The molecule has 1 aromatic rings. The van der Waals surface area contributed by atoms with Gasteiger partial charge in [-0.15, -0.1) is 24.0 Å². The molecule has 0 spiro atoms. The van der Waals surface area contributed by atoms with Crippen molar-refractivity contribution < 1.29 is 13.2 Å². The van der Waals surface area contributed by atoms with Crippen LogP contribution in [0.2, 0.25) is 0 Å². The smallest absolute Gasteiger partial charge is 0.191 e. The van der Waals surface area contributed by atoms with E-state index in [0.717, 1.165) is 31.8 Å². The molecule has 2 saturated heterocycles. The number of ether oxygens (including phenoxy) is 1. The fourth-order valence-electron chi connectivity index (χ4n) is 3.58. The Morgan fingerprint density at radius 3 is 2.85 bits per heavy atom. The van der Waals surface area contributed by atoms with E-state index in [1.54, 1.807) is 14.2 Å². The zero-order valence-corrected chi connectivity index (χ0v) is 19.0. The molecule has 2 fully saturated rings. The Bertz CT molecular complexity index is 757. The molecule has 0 bridgehead atoms. The number of nitrogens with one attached hydrogen (secondary N) is 2. The molecule has 3 rings (SSSR count). The summed E-state index contributed by atoms with van der Waals surface area (Å²) in [5.74, 6) is 2.54. The van der Waals surface area contributed by atoms with Crippen molar-refractivity contribution in [2.45, 2.75) is 18.9 Å². The number of halogens is 1. The molecular weight excluding hydrogens is 479 g/mol. The van der Waals surface area contributed by atoms with E-state index in [4.69, 9.17) is 4.74 Å². The van der Waals surface area contributed by atoms with Gasteiger partial charge >= 0.3 is 0 Å². The minimum absolute atomic E-state index is 0. The third-order valence-electron chi connectivity index (χ3n) is 5.06.